The summed E-state index contributed by atoms with van der Waals surface area (Å²) in [6.45, 7) is 4.14. The average Bonchev–Trinajstić information content (AvgIpc) is 2.79. The maximum Gasteiger partial charge on any atom is 0.248 e. The summed E-state index contributed by atoms with van der Waals surface area (Å²) in [5.41, 5.74) is 3.25. The summed E-state index contributed by atoms with van der Waals surface area (Å²) < 4.78 is 0. The molecule has 1 saturated heterocycles. The molecule has 0 radical (unpaired) electrons. The third-order valence-electron chi connectivity index (χ3n) is 5.47. The number of anilines is 2. The van der Waals surface area contributed by atoms with Crippen LogP contribution in [0, 0.1) is 0 Å². The molecule has 1 aromatic carbocycles. The zero-order valence-electron chi connectivity index (χ0n) is 17.6. The van der Waals surface area contributed by atoms with Crippen LogP contribution in [0.2, 0.25) is 5.02 Å². The van der Waals surface area contributed by atoms with Crippen LogP contribution in [-0.4, -0.2) is 46.5 Å². The molecule has 1 amide bonds. The second-order valence-corrected chi connectivity index (χ2v) is 8.17. The Balaban J connectivity index is 1.62. The van der Waals surface area contributed by atoms with Crippen molar-refractivity contribution in [3.05, 3.63) is 53.4 Å². The van der Waals surface area contributed by atoms with Gasteiger partial charge in [0.25, 0.3) is 0 Å². The predicted molar refractivity (Wildman–Crippen MR) is 125 cm³/mol. The van der Waals surface area contributed by atoms with Gasteiger partial charge in [0.15, 0.2) is 5.82 Å². The molecular weight excluding hydrogens is 412 g/mol. The van der Waals surface area contributed by atoms with E-state index in [0.29, 0.717) is 29.6 Å². The molecule has 3 aromatic rings. The lowest BCUT2D eigenvalue weighted by atomic mass is 10.1. The summed E-state index contributed by atoms with van der Waals surface area (Å²) in [7, 11) is 0. The standard InChI is InChI=1S/C23H27ClN6O/c1-2-3-4-7-17-9-10-19-21(28-17)22(27-15-26-19)30-12-11-25-14-20(30)23(31)29-18-8-5-6-16(24)13-18/h5-6,8-10,13,15,20,25H,2-4,7,11-12,14H2,1H3,(H,29,31). The zero-order chi connectivity index (χ0) is 21.6. The number of carbonyl (C=O) groups excluding carboxylic acids is 1. The van der Waals surface area contributed by atoms with Crippen molar-refractivity contribution in [1.29, 1.82) is 0 Å². The van der Waals surface area contributed by atoms with Gasteiger partial charge in [-0.05, 0) is 43.2 Å². The number of hydrogen-bond donors (Lipinski definition) is 2. The van der Waals surface area contributed by atoms with Crippen LogP contribution in [-0.2, 0) is 11.2 Å². The van der Waals surface area contributed by atoms with Gasteiger partial charge in [-0.15, -0.1) is 0 Å². The minimum atomic E-state index is -0.420. The van der Waals surface area contributed by atoms with Gasteiger partial charge >= 0.3 is 0 Å². The van der Waals surface area contributed by atoms with Crippen LogP contribution >= 0.6 is 11.6 Å². The highest BCUT2D eigenvalue weighted by atomic mass is 35.5. The number of aromatic nitrogens is 3. The Morgan fingerprint density at radius 1 is 1.26 bits per heavy atom. The maximum atomic E-state index is 13.1. The van der Waals surface area contributed by atoms with Crippen LogP contribution in [0.1, 0.15) is 31.9 Å². The molecule has 1 aliphatic rings. The number of unbranched alkanes of at least 4 members (excludes halogenated alkanes) is 2. The van der Waals surface area contributed by atoms with Gasteiger partial charge in [-0.25, -0.2) is 15.0 Å². The van der Waals surface area contributed by atoms with Crippen molar-refractivity contribution in [3.8, 4) is 0 Å². The number of rotatable bonds is 7. The highest BCUT2D eigenvalue weighted by Crippen LogP contribution is 2.25. The highest BCUT2D eigenvalue weighted by Gasteiger charge is 2.31. The maximum absolute atomic E-state index is 13.1. The molecule has 162 valence electrons. The Hall–Kier alpha value is -2.77. The summed E-state index contributed by atoms with van der Waals surface area (Å²) in [4.78, 5) is 29.0. The summed E-state index contributed by atoms with van der Waals surface area (Å²) >= 11 is 6.06. The normalized spacial score (nSPS) is 16.5. The van der Waals surface area contributed by atoms with Gasteiger partial charge in [-0.3, -0.25) is 4.79 Å². The first-order valence-electron chi connectivity index (χ1n) is 10.8. The number of carbonyl (C=O) groups is 1. The van der Waals surface area contributed by atoms with Crippen LogP contribution in [0.3, 0.4) is 0 Å². The fourth-order valence-electron chi connectivity index (χ4n) is 3.86. The topological polar surface area (TPSA) is 83.0 Å². The van der Waals surface area contributed by atoms with Crippen molar-refractivity contribution >= 4 is 40.0 Å². The number of amides is 1. The van der Waals surface area contributed by atoms with Gasteiger partial charge in [0.1, 0.15) is 17.9 Å². The molecular formula is C23H27ClN6O. The second-order valence-electron chi connectivity index (χ2n) is 7.74. The Bertz CT molecular complexity index is 1060. The van der Waals surface area contributed by atoms with Crippen molar-refractivity contribution in [2.45, 2.75) is 38.6 Å². The molecule has 0 bridgehead atoms. The lowest BCUT2D eigenvalue weighted by Crippen LogP contribution is -2.57. The van der Waals surface area contributed by atoms with Gasteiger partial charge in [0.05, 0.1) is 5.52 Å². The third kappa shape index (κ3) is 5.11. The molecule has 1 aliphatic heterocycles. The Labute approximate surface area is 187 Å². The molecule has 1 fully saturated rings. The van der Waals surface area contributed by atoms with Crippen LogP contribution in [0.4, 0.5) is 11.5 Å². The smallest absolute Gasteiger partial charge is 0.248 e. The van der Waals surface area contributed by atoms with Crippen molar-refractivity contribution in [3.63, 3.8) is 0 Å². The van der Waals surface area contributed by atoms with Crippen LogP contribution in [0.5, 0.6) is 0 Å². The number of nitrogens with zero attached hydrogens (tertiary/aromatic N) is 4. The van der Waals surface area contributed by atoms with Crippen LogP contribution in [0.25, 0.3) is 11.0 Å². The minimum absolute atomic E-state index is 0.111. The molecule has 0 aliphatic carbocycles. The van der Waals surface area contributed by atoms with Gasteiger partial charge in [0, 0.05) is 36.0 Å². The summed E-state index contributed by atoms with van der Waals surface area (Å²) in [6, 6.07) is 10.8. The van der Waals surface area contributed by atoms with E-state index in [2.05, 4.69) is 27.5 Å². The number of hydrogen-bond acceptors (Lipinski definition) is 6. The monoisotopic (exact) mass is 438 g/mol. The van der Waals surface area contributed by atoms with Gasteiger partial charge < -0.3 is 15.5 Å². The zero-order valence-corrected chi connectivity index (χ0v) is 18.4. The number of benzene rings is 1. The van der Waals surface area contributed by atoms with E-state index in [-0.39, 0.29) is 5.91 Å². The van der Waals surface area contributed by atoms with E-state index in [9.17, 15) is 4.79 Å². The third-order valence-corrected chi connectivity index (χ3v) is 5.70. The lowest BCUT2D eigenvalue weighted by molar-refractivity contribution is -0.117. The number of pyridine rings is 1. The summed E-state index contributed by atoms with van der Waals surface area (Å²) in [5.74, 6) is 0.593. The number of aryl methyl sites for hydroxylation is 1. The second kappa shape index (κ2) is 10.0. The largest absolute Gasteiger partial charge is 0.340 e. The van der Waals surface area contributed by atoms with E-state index in [4.69, 9.17) is 16.6 Å². The quantitative estimate of drug-likeness (QED) is 0.545. The van der Waals surface area contributed by atoms with E-state index in [1.165, 1.54) is 12.8 Å². The average molecular weight is 439 g/mol. The molecule has 4 rings (SSSR count). The van der Waals surface area contributed by atoms with E-state index >= 15 is 0 Å². The predicted octanol–water partition coefficient (Wildman–Crippen LogP) is 3.83. The highest BCUT2D eigenvalue weighted by molar-refractivity contribution is 6.30. The molecule has 7 nitrogen and oxygen atoms in total. The van der Waals surface area contributed by atoms with E-state index in [1.807, 2.05) is 29.2 Å². The van der Waals surface area contributed by atoms with E-state index in [0.717, 1.165) is 36.1 Å². The van der Waals surface area contributed by atoms with Crippen molar-refractivity contribution in [2.75, 3.05) is 29.9 Å². The van der Waals surface area contributed by atoms with E-state index in [1.54, 1.807) is 18.5 Å². The molecule has 3 heterocycles. The first-order chi connectivity index (χ1) is 15.2. The molecule has 1 unspecified atom stereocenters. The van der Waals surface area contributed by atoms with Gasteiger partial charge in [-0.1, -0.05) is 37.4 Å². The molecule has 2 aromatic heterocycles. The van der Waals surface area contributed by atoms with Crippen molar-refractivity contribution in [1.82, 2.24) is 20.3 Å². The summed E-state index contributed by atoms with van der Waals surface area (Å²) in [6.07, 6.45) is 5.94. The number of piperazine rings is 1. The molecule has 0 spiro atoms. The number of nitrogens with one attached hydrogen (secondary N) is 2. The van der Waals surface area contributed by atoms with Crippen LogP contribution in [0.15, 0.2) is 42.7 Å². The first kappa shape index (κ1) is 21.5. The number of fused-ring (bicyclic) bond motifs is 1. The Kier molecular flexibility index (Phi) is 6.94. The number of halogens is 1. The minimum Gasteiger partial charge on any atom is -0.340 e. The molecule has 1 atom stereocenters. The molecule has 8 heteroatoms. The van der Waals surface area contributed by atoms with Crippen molar-refractivity contribution in [2.24, 2.45) is 0 Å². The van der Waals surface area contributed by atoms with Gasteiger partial charge in [0.2, 0.25) is 5.91 Å². The molecule has 31 heavy (non-hydrogen) atoms. The lowest BCUT2D eigenvalue weighted by Gasteiger charge is -2.36. The van der Waals surface area contributed by atoms with E-state index < -0.39 is 6.04 Å². The van der Waals surface area contributed by atoms with Gasteiger partial charge in [-0.2, -0.15) is 0 Å². The van der Waals surface area contributed by atoms with Crippen molar-refractivity contribution < 1.29 is 4.79 Å². The fourth-order valence-corrected chi connectivity index (χ4v) is 4.05. The Morgan fingerprint density at radius 2 is 2.16 bits per heavy atom. The fraction of sp³-hybridized carbons (Fsp3) is 0.391. The SMILES string of the molecule is CCCCCc1ccc2ncnc(N3CCNCC3C(=O)Nc3cccc(Cl)c3)c2n1. The van der Waals surface area contributed by atoms with Crippen LogP contribution < -0.4 is 15.5 Å². The first-order valence-corrected chi connectivity index (χ1v) is 11.2. The Morgan fingerprint density at radius 3 is 3.00 bits per heavy atom. The molecule has 2 N–H and O–H groups in total. The molecule has 0 saturated carbocycles. The summed E-state index contributed by atoms with van der Waals surface area (Å²) in [5, 5.41) is 6.87.